The van der Waals surface area contributed by atoms with E-state index in [-0.39, 0.29) is 21.4 Å². The quantitative estimate of drug-likeness (QED) is 0.124. The maximum absolute atomic E-state index is 12.7. The lowest BCUT2D eigenvalue weighted by Crippen LogP contribution is -2.32. The predicted octanol–water partition coefficient (Wildman–Crippen LogP) is 5.45. The first kappa shape index (κ1) is 23.9. The van der Waals surface area contributed by atoms with Gasteiger partial charge in [0.15, 0.2) is 0 Å². The molecule has 0 saturated heterocycles. The maximum atomic E-state index is 12.7. The highest BCUT2D eigenvalue weighted by molar-refractivity contribution is 6.41. The summed E-state index contributed by atoms with van der Waals surface area (Å²) in [5.74, 6) is -2.40. The zero-order chi connectivity index (χ0) is 24.8. The van der Waals surface area contributed by atoms with E-state index in [1.54, 1.807) is 60.7 Å². The van der Waals surface area contributed by atoms with Crippen LogP contribution in [-0.2, 0) is 9.59 Å². The Morgan fingerprint density at radius 3 is 2.23 bits per heavy atom. The standard InChI is InChI=1S/C26H17Cl2N3O4/c27-20-10-4-3-9-18(20)26(34)35-23-14-13-16-7-1-2-8-17(16)19(23)15-29-31-25(33)24(32)30-22-12-6-5-11-21(22)28/h1-15H,(H,30,32)(H,31,33). The van der Waals surface area contributed by atoms with Gasteiger partial charge in [0.1, 0.15) is 5.75 Å². The highest BCUT2D eigenvalue weighted by Gasteiger charge is 2.17. The van der Waals surface area contributed by atoms with Crippen molar-refractivity contribution in [1.82, 2.24) is 5.43 Å². The van der Waals surface area contributed by atoms with E-state index >= 15 is 0 Å². The van der Waals surface area contributed by atoms with Crippen molar-refractivity contribution in [2.45, 2.75) is 0 Å². The lowest BCUT2D eigenvalue weighted by atomic mass is 10.0. The number of para-hydroxylation sites is 1. The Balaban J connectivity index is 1.56. The van der Waals surface area contributed by atoms with E-state index in [1.807, 2.05) is 24.3 Å². The Labute approximate surface area is 210 Å². The lowest BCUT2D eigenvalue weighted by molar-refractivity contribution is -0.136. The minimum Gasteiger partial charge on any atom is -0.422 e. The second-order valence-electron chi connectivity index (χ2n) is 7.20. The Hall–Kier alpha value is -4.20. The molecule has 4 rings (SSSR count). The van der Waals surface area contributed by atoms with Gasteiger partial charge in [-0.15, -0.1) is 0 Å². The van der Waals surface area contributed by atoms with E-state index in [9.17, 15) is 14.4 Å². The van der Waals surface area contributed by atoms with Crippen molar-refractivity contribution in [3.8, 4) is 5.75 Å². The van der Waals surface area contributed by atoms with Gasteiger partial charge in [-0.3, -0.25) is 9.59 Å². The predicted molar refractivity (Wildman–Crippen MR) is 136 cm³/mol. The summed E-state index contributed by atoms with van der Waals surface area (Å²) in [5, 5.41) is 8.43. The number of hydrogen-bond acceptors (Lipinski definition) is 5. The van der Waals surface area contributed by atoms with Gasteiger partial charge in [0.25, 0.3) is 0 Å². The number of esters is 1. The lowest BCUT2D eigenvalue weighted by Gasteiger charge is -2.11. The molecule has 0 aliphatic rings. The molecule has 0 aromatic heterocycles. The molecular formula is C26H17Cl2N3O4. The van der Waals surface area contributed by atoms with Crippen LogP contribution in [-0.4, -0.2) is 24.0 Å². The zero-order valence-corrected chi connectivity index (χ0v) is 19.5. The molecule has 0 fully saturated rings. The molecule has 4 aromatic carbocycles. The third-order valence-electron chi connectivity index (χ3n) is 4.92. The van der Waals surface area contributed by atoms with Crippen LogP contribution in [0.25, 0.3) is 10.8 Å². The fourth-order valence-corrected chi connectivity index (χ4v) is 3.62. The molecule has 9 heteroatoms. The normalized spacial score (nSPS) is 10.8. The number of nitrogens with zero attached hydrogens (tertiary/aromatic N) is 1. The number of nitrogens with one attached hydrogen (secondary N) is 2. The van der Waals surface area contributed by atoms with Crippen molar-refractivity contribution >= 4 is 63.7 Å². The van der Waals surface area contributed by atoms with Crippen LogP contribution in [0.3, 0.4) is 0 Å². The molecule has 2 amide bonds. The third-order valence-corrected chi connectivity index (χ3v) is 5.57. The highest BCUT2D eigenvalue weighted by Crippen LogP contribution is 2.28. The van der Waals surface area contributed by atoms with Crippen LogP contribution < -0.4 is 15.5 Å². The fourth-order valence-electron chi connectivity index (χ4n) is 3.23. The van der Waals surface area contributed by atoms with Crippen LogP contribution >= 0.6 is 23.2 Å². The zero-order valence-electron chi connectivity index (χ0n) is 18.0. The van der Waals surface area contributed by atoms with Crippen LogP contribution in [0.4, 0.5) is 5.69 Å². The number of amides is 2. The number of benzene rings is 4. The smallest absolute Gasteiger partial charge is 0.345 e. The molecule has 0 radical (unpaired) electrons. The van der Waals surface area contributed by atoms with Gasteiger partial charge in [0, 0.05) is 5.56 Å². The van der Waals surface area contributed by atoms with Crippen LogP contribution in [0.1, 0.15) is 15.9 Å². The fraction of sp³-hybridized carbons (Fsp3) is 0. The van der Waals surface area contributed by atoms with Gasteiger partial charge in [0.05, 0.1) is 27.5 Å². The maximum Gasteiger partial charge on any atom is 0.345 e. The second kappa shape index (κ2) is 10.8. The van der Waals surface area contributed by atoms with Gasteiger partial charge in [-0.1, -0.05) is 77.8 Å². The SMILES string of the molecule is O=C(NN=Cc1c(OC(=O)c2ccccc2Cl)ccc2ccccc12)C(=O)Nc1ccccc1Cl. The van der Waals surface area contributed by atoms with Crippen molar-refractivity contribution in [2.75, 3.05) is 5.32 Å². The van der Waals surface area contributed by atoms with Crippen molar-refractivity contribution in [3.63, 3.8) is 0 Å². The van der Waals surface area contributed by atoms with Gasteiger partial charge in [0.2, 0.25) is 0 Å². The Morgan fingerprint density at radius 2 is 1.46 bits per heavy atom. The van der Waals surface area contributed by atoms with E-state index < -0.39 is 17.8 Å². The molecule has 0 aliphatic carbocycles. The molecule has 0 saturated carbocycles. The molecule has 0 spiro atoms. The van der Waals surface area contributed by atoms with Gasteiger partial charge in [-0.2, -0.15) is 5.10 Å². The molecular weight excluding hydrogens is 489 g/mol. The molecule has 0 aliphatic heterocycles. The molecule has 0 bridgehead atoms. The van der Waals surface area contributed by atoms with Crippen LogP contribution in [0.15, 0.2) is 90.0 Å². The highest BCUT2D eigenvalue weighted by atomic mass is 35.5. The average molecular weight is 506 g/mol. The number of rotatable bonds is 5. The van der Waals surface area contributed by atoms with Crippen molar-refractivity contribution in [3.05, 3.63) is 106 Å². The molecule has 4 aromatic rings. The number of hydrogen-bond donors (Lipinski definition) is 2. The summed E-state index contributed by atoms with van der Waals surface area (Å²) in [5.41, 5.74) is 3.09. The number of ether oxygens (including phenoxy) is 1. The van der Waals surface area contributed by atoms with E-state index in [0.717, 1.165) is 10.8 Å². The number of halogens is 2. The first-order chi connectivity index (χ1) is 16.9. The molecule has 0 unspecified atom stereocenters. The van der Waals surface area contributed by atoms with E-state index in [2.05, 4.69) is 15.8 Å². The number of fused-ring (bicyclic) bond motifs is 1. The van der Waals surface area contributed by atoms with Gasteiger partial charge < -0.3 is 10.1 Å². The average Bonchev–Trinajstić information content (AvgIpc) is 2.86. The summed E-state index contributed by atoms with van der Waals surface area (Å²) in [7, 11) is 0. The number of carbonyl (C=O) groups is 3. The van der Waals surface area contributed by atoms with E-state index in [1.165, 1.54) is 6.21 Å². The molecule has 0 atom stereocenters. The van der Waals surface area contributed by atoms with E-state index in [4.69, 9.17) is 27.9 Å². The first-order valence-electron chi connectivity index (χ1n) is 10.3. The number of anilines is 1. The Morgan fingerprint density at radius 1 is 0.771 bits per heavy atom. The Kier molecular flexibility index (Phi) is 7.40. The second-order valence-corrected chi connectivity index (χ2v) is 8.02. The largest absolute Gasteiger partial charge is 0.422 e. The number of carbonyl (C=O) groups excluding carboxylic acids is 3. The minimum atomic E-state index is -1.00. The van der Waals surface area contributed by atoms with Crippen LogP contribution in [0.2, 0.25) is 10.0 Å². The first-order valence-corrected chi connectivity index (χ1v) is 11.1. The summed E-state index contributed by atoms with van der Waals surface area (Å²) in [6.45, 7) is 0. The monoisotopic (exact) mass is 505 g/mol. The molecule has 35 heavy (non-hydrogen) atoms. The summed E-state index contributed by atoms with van der Waals surface area (Å²) < 4.78 is 5.60. The van der Waals surface area contributed by atoms with Gasteiger partial charge in [-0.25, -0.2) is 10.2 Å². The topological polar surface area (TPSA) is 96.9 Å². The third kappa shape index (κ3) is 5.66. The van der Waals surface area contributed by atoms with Crippen LogP contribution in [0.5, 0.6) is 5.75 Å². The Bertz CT molecular complexity index is 1470. The van der Waals surface area contributed by atoms with Crippen molar-refractivity contribution in [1.29, 1.82) is 0 Å². The van der Waals surface area contributed by atoms with Gasteiger partial charge >= 0.3 is 17.8 Å². The molecule has 0 heterocycles. The molecule has 174 valence electrons. The van der Waals surface area contributed by atoms with Gasteiger partial charge in [-0.05, 0) is 41.1 Å². The summed E-state index contributed by atoms with van der Waals surface area (Å²) >= 11 is 12.1. The summed E-state index contributed by atoms with van der Waals surface area (Å²) in [4.78, 5) is 37.1. The van der Waals surface area contributed by atoms with Crippen molar-refractivity contribution in [2.24, 2.45) is 5.10 Å². The van der Waals surface area contributed by atoms with Crippen molar-refractivity contribution < 1.29 is 19.1 Å². The minimum absolute atomic E-state index is 0.201. The summed E-state index contributed by atoms with van der Waals surface area (Å²) in [6, 6.07) is 23.8. The van der Waals surface area contributed by atoms with E-state index in [0.29, 0.717) is 11.3 Å². The molecule has 7 nitrogen and oxygen atoms in total. The van der Waals surface area contributed by atoms with Crippen LogP contribution in [0, 0.1) is 0 Å². The summed E-state index contributed by atoms with van der Waals surface area (Å²) in [6.07, 6.45) is 1.30. The number of hydrazone groups is 1. The molecule has 2 N–H and O–H groups in total.